The van der Waals surface area contributed by atoms with Gasteiger partial charge in [-0.05, 0) is 72.3 Å². The molecule has 3 rings (SSSR count). The number of allylic oxidation sites excluding steroid dienone is 1. The van der Waals surface area contributed by atoms with Gasteiger partial charge in [-0.1, -0.05) is 12.1 Å². The molecule has 0 amide bonds. The molecule has 0 aliphatic rings. The molecule has 28 heavy (non-hydrogen) atoms. The van der Waals surface area contributed by atoms with Crippen LogP contribution in [0.1, 0.15) is 21.7 Å². The molecular weight excluding hydrogens is 356 g/mol. The van der Waals surface area contributed by atoms with Gasteiger partial charge in [0.15, 0.2) is 5.78 Å². The highest BCUT2D eigenvalue weighted by Gasteiger charge is 2.05. The van der Waals surface area contributed by atoms with Crippen molar-refractivity contribution in [3.63, 3.8) is 0 Å². The largest absolute Gasteiger partial charge is 0.497 e. The van der Waals surface area contributed by atoms with E-state index in [9.17, 15) is 9.59 Å². The summed E-state index contributed by atoms with van der Waals surface area (Å²) in [5, 5.41) is 0. The minimum absolute atomic E-state index is 0.173. The highest BCUT2D eigenvalue weighted by atomic mass is 16.5. The van der Waals surface area contributed by atoms with Crippen LogP contribution in [0.3, 0.4) is 0 Å². The van der Waals surface area contributed by atoms with E-state index in [1.807, 2.05) is 12.1 Å². The van der Waals surface area contributed by atoms with Gasteiger partial charge in [0.25, 0.3) is 0 Å². The van der Waals surface area contributed by atoms with Crippen molar-refractivity contribution in [3.8, 4) is 11.5 Å². The fraction of sp³-hybridized carbons (Fsp3) is 0.0435. The van der Waals surface area contributed by atoms with Crippen LogP contribution >= 0.6 is 0 Å². The molecule has 1 heterocycles. The molecule has 1 aromatic heterocycles. The van der Waals surface area contributed by atoms with Gasteiger partial charge in [-0.15, -0.1) is 0 Å². The third-order valence-electron chi connectivity index (χ3n) is 3.83. The van der Waals surface area contributed by atoms with Crippen molar-refractivity contribution < 1.29 is 23.5 Å². The molecule has 0 unspecified atom stereocenters. The van der Waals surface area contributed by atoms with Gasteiger partial charge in [0, 0.05) is 11.6 Å². The van der Waals surface area contributed by atoms with Crippen LogP contribution in [-0.4, -0.2) is 18.9 Å². The summed E-state index contributed by atoms with van der Waals surface area (Å²) in [7, 11) is 1.59. The third-order valence-corrected chi connectivity index (χ3v) is 3.83. The van der Waals surface area contributed by atoms with Crippen LogP contribution in [0.2, 0.25) is 0 Å². The predicted octanol–water partition coefficient (Wildman–Crippen LogP) is 4.80. The molecule has 5 heteroatoms. The number of esters is 1. The second-order valence-electron chi connectivity index (χ2n) is 5.76. The number of furan rings is 1. The van der Waals surface area contributed by atoms with Crippen molar-refractivity contribution in [2.75, 3.05) is 7.11 Å². The lowest BCUT2D eigenvalue weighted by Crippen LogP contribution is -2.04. The molecule has 0 bridgehead atoms. The van der Waals surface area contributed by atoms with Crippen molar-refractivity contribution in [3.05, 3.63) is 96.0 Å². The minimum atomic E-state index is -0.507. The fourth-order valence-corrected chi connectivity index (χ4v) is 2.36. The van der Waals surface area contributed by atoms with E-state index < -0.39 is 5.97 Å². The third kappa shape index (κ3) is 5.32. The van der Waals surface area contributed by atoms with Crippen molar-refractivity contribution >= 4 is 23.9 Å². The second kappa shape index (κ2) is 9.19. The van der Waals surface area contributed by atoms with Gasteiger partial charge in [-0.25, -0.2) is 4.79 Å². The Morgan fingerprint density at radius 1 is 0.857 bits per heavy atom. The average molecular weight is 374 g/mol. The first kappa shape index (κ1) is 18.9. The van der Waals surface area contributed by atoms with Crippen molar-refractivity contribution in [1.82, 2.24) is 0 Å². The first-order chi connectivity index (χ1) is 13.6. The van der Waals surface area contributed by atoms with E-state index in [2.05, 4.69) is 0 Å². The van der Waals surface area contributed by atoms with E-state index in [-0.39, 0.29) is 5.78 Å². The Morgan fingerprint density at radius 2 is 1.57 bits per heavy atom. The van der Waals surface area contributed by atoms with E-state index in [4.69, 9.17) is 13.9 Å². The number of carbonyl (C=O) groups is 2. The summed E-state index contributed by atoms with van der Waals surface area (Å²) in [6.07, 6.45) is 7.56. The molecule has 0 spiro atoms. The standard InChI is InChI=1S/C23H18O5/c1-26-19-9-4-17(5-10-19)6-15-23(25)28-21-11-7-18(8-12-21)22(24)14-13-20-3-2-16-27-20/h2-16H,1H3/b14-13+,15-6+. The number of hydrogen-bond donors (Lipinski definition) is 0. The van der Waals surface area contributed by atoms with Crippen LogP contribution in [0.4, 0.5) is 0 Å². The van der Waals surface area contributed by atoms with E-state index in [1.54, 1.807) is 67.8 Å². The number of ether oxygens (including phenoxy) is 2. The summed E-state index contributed by atoms with van der Waals surface area (Å²) in [6, 6.07) is 17.1. The van der Waals surface area contributed by atoms with Crippen LogP contribution < -0.4 is 9.47 Å². The SMILES string of the molecule is COc1ccc(/C=C/C(=O)Oc2ccc(C(=O)/C=C/c3ccco3)cc2)cc1. The van der Waals surface area contributed by atoms with Crippen LogP contribution in [0, 0.1) is 0 Å². The summed E-state index contributed by atoms with van der Waals surface area (Å²) in [4.78, 5) is 24.1. The highest BCUT2D eigenvalue weighted by molar-refractivity contribution is 6.06. The van der Waals surface area contributed by atoms with Gasteiger partial charge >= 0.3 is 5.97 Å². The Balaban J connectivity index is 1.56. The summed E-state index contributed by atoms with van der Waals surface area (Å²) < 4.78 is 15.5. The topological polar surface area (TPSA) is 65.7 Å². The molecule has 0 N–H and O–H groups in total. The van der Waals surface area contributed by atoms with Gasteiger partial charge in [0.2, 0.25) is 0 Å². The zero-order chi connectivity index (χ0) is 19.8. The Kier molecular flexibility index (Phi) is 6.21. The molecule has 0 fully saturated rings. The molecule has 0 atom stereocenters. The maximum Gasteiger partial charge on any atom is 0.336 e. The number of rotatable bonds is 7. The summed E-state index contributed by atoms with van der Waals surface area (Å²) in [5.41, 5.74) is 1.33. The summed E-state index contributed by atoms with van der Waals surface area (Å²) >= 11 is 0. The van der Waals surface area contributed by atoms with Crippen molar-refractivity contribution in [2.45, 2.75) is 0 Å². The van der Waals surface area contributed by atoms with E-state index in [0.717, 1.165) is 11.3 Å². The first-order valence-corrected chi connectivity index (χ1v) is 8.54. The molecule has 2 aromatic carbocycles. The lowest BCUT2D eigenvalue weighted by Gasteiger charge is -2.02. The maximum absolute atomic E-state index is 12.1. The smallest absolute Gasteiger partial charge is 0.336 e. The van der Waals surface area contributed by atoms with E-state index in [1.165, 1.54) is 18.4 Å². The molecule has 0 saturated carbocycles. The minimum Gasteiger partial charge on any atom is -0.497 e. The Labute approximate surface area is 162 Å². The van der Waals surface area contributed by atoms with Gasteiger partial charge in [-0.3, -0.25) is 4.79 Å². The van der Waals surface area contributed by atoms with Crippen molar-refractivity contribution in [1.29, 1.82) is 0 Å². The first-order valence-electron chi connectivity index (χ1n) is 8.54. The lowest BCUT2D eigenvalue weighted by molar-refractivity contribution is -0.128. The number of hydrogen-bond acceptors (Lipinski definition) is 5. The monoisotopic (exact) mass is 374 g/mol. The molecule has 0 aliphatic heterocycles. The number of methoxy groups -OCH3 is 1. The van der Waals surface area contributed by atoms with Crippen LogP contribution in [0.5, 0.6) is 11.5 Å². The molecule has 0 aliphatic carbocycles. The summed E-state index contributed by atoms with van der Waals surface area (Å²) in [5.74, 6) is 1.02. The van der Waals surface area contributed by atoms with Crippen LogP contribution in [0.15, 0.2) is 83.5 Å². The van der Waals surface area contributed by atoms with Gasteiger partial charge < -0.3 is 13.9 Å². The number of benzene rings is 2. The quantitative estimate of drug-likeness (QED) is 0.257. The second-order valence-corrected chi connectivity index (χ2v) is 5.76. The number of carbonyl (C=O) groups excluding carboxylic acids is 2. The van der Waals surface area contributed by atoms with Gasteiger partial charge in [0.1, 0.15) is 17.3 Å². The van der Waals surface area contributed by atoms with Gasteiger partial charge in [-0.2, -0.15) is 0 Å². The molecule has 0 saturated heterocycles. The van der Waals surface area contributed by atoms with Crippen LogP contribution in [-0.2, 0) is 4.79 Å². The van der Waals surface area contributed by atoms with E-state index in [0.29, 0.717) is 17.1 Å². The maximum atomic E-state index is 12.1. The zero-order valence-corrected chi connectivity index (χ0v) is 15.2. The van der Waals surface area contributed by atoms with Crippen LogP contribution in [0.25, 0.3) is 12.2 Å². The Morgan fingerprint density at radius 3 is 2.21 bits per heavy atom. The normalized spacial score (nSPS) is 11.0. The number of ketones is 1. The molecule has 5 nitrogen and oxygen atoms in total. The van der Waals surface area contributed by atoms with Crippen molar-refractivity contribution in [2.24, 2.45) is 0 Å². The summed E-state index contributed by atoms with van der Waals surface area (Å²) in [6.45, 7) is 0. The lowest BCUT2D eigenvalue weighted by atomic mass is 10.1. The highest BCUT2D eigenvalue weighted by Crippen LogP contribution is 2.15. The zero-order valence-electron chi connectivity index (χ0n) is 15.2. The average Bonchev–Trinajstić information content (AvgIpc) is 3.25. The Hall–Kier alpha value is -3.86. The Bertz CT molecular complexity index is 978. The molecule has 3 aromatic rings. The molecular formula is C23H18O5. The fourth-order valence-electron chi connectivity index (χ4n) is 2.36. The predicted molar refractivity (Wildman–Crippen MR) is 106 cm³/mol. The molecule has 140 valence electrons. The van der Waals surface area contributed by atoms with E-state index >= 15 is 0 Å². The molecule has 0 radical (unpaired) electrons. The van der Waals surface area contributed by atoms with Gasteiger partial charge in [0.05, 0.1) is 13.4 Å².